The molecule has 2 nitrogen and oxygen atoms in total. The standard InChI is InChI=1S/C17H28N2/c1-4-12-18-14(3)15-8-10-17(11-9-15)19-13-6-7-16(19)5-2/h8-11,14,16,18H,4-7,12-13H2,1-3H3. The summed E-state index contributed by atoms with van der Waals surface area (Å²) in [6, 6.07) is 10.4. The van der Waals surface area contributed by atoms with Crippen molar-refractivity contribution in [2.24, 2.45) is 0 Å². The fraction of sp³-hybridized carbons (Fsp3) is 0.647. The van der Waals surface area contributed by atoms with Crippen LogP contribution in [-0.4, -0.2) is 19.1 Å². The maximum absolute atomic E-state index is 3.54. The van der Waals surface area contributed by atoms with Crippen molar-refractivity contribution in [3.05, 3.63) is 29.8 Å². The Morgan fingerprint density at radius 1 is 1.26 bits per heavy atom. The van der Waals surface area contributed by atoms with Gasteiger partial charge in [0, 0.05) is 24.3 Å². The first-order valence-electron chi connectivity index (χ1n) is 7.86. The van der Waals surface area contributed by atoms with Gasteiger partial charge in [-0.2, -0.15) is 0 Å². The van der Waals surface area contributed by atoms with Gasteiger partial charge in [-0.3, -0.25) is 0 Å². The van der Waals surface area contributed by atoms with E-state index in [-0.39, 0.29) is 0 Å². The summed E-state index contributed by atoms with van der Waals surface area (Å²) in [7, 11) is 0. The quantitative estimate of drug-likeness (QED) is 0.827. The number of rotatable bonds is 6. The monoisotopic (exact) mass is 260 g/mol. The van der Waals surface area contributed by atoms with E-state index in [1.807, 2.05) is 0 Å². The van der Waals surface area contributed by atoms with Gasteiger partial charge >= 0.3 is 0 Å². The Morgan fingerprint density at radius 2 is 2.00 bits per heavy atom. The SMILES string of the molecule is CCCNC(C)c1ccc(N2CCCC2CC)cc1. The summed E-state index contributed by atoms with van der Waals surface area (Å²) in [5.74, 6) is 0. The van der Waals surface area contributed by atoms with Crippen molar-refractivity contribution in [3.63, 3.8) is 0 Å². The lowest BCUT2D eigenvalue weighted by Gasteiger charge is -2.26. The topological polar surface area (TPSA) is 15.3 Å². The highest BCUT2D eigenvalue weighted by Crippen LogP contribution is 2.28. The molecule has 106 valence electrons. The molecule has 1 fully saturated rings. The average Bonchev–Trinajstić information content (AvgIpc) is 2.93. The summed E-state index contributed by atoms with van der Waals surface area (Å²) in [4.78, 5) is 2.58. The summed E-state index contributed by atoms with van der Waals surface area (Å²) < 4.78 is 0. The van der Waals surface area contributed by atoms with E-state index in [2.05, 4.69) is 55.3 Å². The molecule has 2 heteroatoms. The van der Waals surface area contributed by atoms with E-state index in [0.29, 0.717) is 6.04 Å². The van der Waals surface area contributed by atoms with Gasteiger partial charge in [0.25, 0.3) is 0 Å². The second kappa shape index (κ2) is 6.95. The zero-order valence-corrected chi connectivity index (χ0v) is 12.7. The van der Waals surface area contributed by atoms with Crippen LogP contribution < -0.4 is 10.2 Å². The molecule has 0 spiro atoms. The van der Waals surface area contributed by atoms with E-state index < -0.39 is 0 Å². The van der Waals surface area contributed by atoms with Crippen LogP contribution in [-0.2, 0) is 0 Å². The molecule has 0 aromatic heterocycles. The van der Waals surface area contributed by atoms with E-state index >= 15 is 0 Å². The molecule has 1 aromatic carbocycles. The normalized spacial score (nSPS) is 20.8. The summed E-state index contributed by atoms with van der Waals surface area (Å²) in [6.07, 6.45) is 5.14. The van der Waals surface area contributed by atoms with Crippen LogP contribution in [0.5, 0.6) is 0 Å². The molecule has 1 aromatic rings. The minimum Gasteiger partial charge on any atom is -0.369 e. The van der Waals surface area contributed by atoms with E-state index in [9.17, 15) is 0 Å². The second-order valence-corrected chi connectivity index (χ2v) is 5.67. The van der Waals surface area contributed by atoms with Crippen molar-refractivity contribution in [1.82, 2.24) is 5.32 Å². The zero-order chi connectivity index (χ0) is 13.7. The summed E-state index contributed by atoms with van der Waals surface area (Å²) in [5.41, 5.74) is 2.79. The van der Waals surface area contributed by atoms with E-state index in [4.69, 9.17) is 0 Å². The Bertz CT molecular complexity index is 371. The first-order chi connectivity index (χ1) is 9.26. The summed E-state index contributed by atoms with van der Waals surface area (Å²) >= 11 is 0. The minimum atomic E-state index is 0.453. The highest BCUT2D eigenvalue weighted by molar-refractivity contribution is 5.49. The Balaban J connectivity index is 2.01. The Morgan fingerprint density at radius 3 is 2.63 bits per heavy atom. The highest BCUT2D eigenvalue weighted by Gasteiger charge is 2.22. The molecule has 0 radical (unpaired) electrons. The maximum atomic E-state index is 3.54. The molecule has 1 heterocycles. The van der Waals surface area contributed by atoms with Crippen molar-refractivity contribution in [3.8, 4) is 0 Å². The third-order valence-corrected chi connectivity index (χ3v) is 4.27. The van der Waals surface area contributed by atoms with Crippen molar-refractivity contribution in [2.45, 2.75) is 58.5 Å². The predicted octanol–water partition coefficient (Wildman–Crippen LogP) is 4.13. The van der Waals surface area contributed by atoms with Crippen LogP contribution in [0.1, 0.15) is 58.1 Å². The Hall–Kier alpha value is -1.02. The van der Waals surface area contributed by atoms with Gasteiger partial charge in [-0.25, -0.2) is 0 Å². The molecule has 0 amide bonds. The van der Waals surface area contributed by atoms with Gasteiger partial charge in [0.1, 0.15) is 0 Å². The molecule has 2 unspecified atom stereocenters. The molecule has 1 N–H and O–H groups in total. The van der Waals surface area contributed by atoms with E-state index in [1.165, 1.54) is 43.5 Å². The van der Waals surface area contributed by atoms with Crippen molar-refractivity contribution >= 4 is 5.69 Å². The molecule has 0 aliphatic carbocycles. The molecule has 1 aliphatic heterocycles. The lowest BCUT2D eigenvalue weighted by atomic mass is 10.1. The maximum Gasteiger partial charge on any atom is 0.0368 e. The average molecular weight is 260 g/mol. The Kier molecular flexibility index (Phi) is 5.26. The molecule has 2 rings (SSSR count). The second-order valence-electron chi connectivity index (χ2n) is 5.67. The fourth-order valence-electron chi connectivity index (χ4n) is 3.03. The zero-order valence-electron chi connectivity index (χ0n) is 12.7. The third-order valence-electron chi connectivity index (χ3n) is 4.27. The lowest BCUT2D eigenvalue weighted by Crippen LogP contribution is -2.28. The number of hydrogen-bond donors (Lipinski definition) is 1. The molecule has 0 saturated carbocycles. The summed E-state index contributed by atoms with van der Waals surface area (Å²) in [5, 5.41) is 3.54. The molecule has 19 heavy (non-hydrogen) atoms. The molecular weight excluding hydrogens is 232 g/mol. The molecule has 1 saturated heterocycles. The van der Waals surface area contributed by atoms with Gasteiger partial charge in [-0.15, -0.1) is 0 Å². The van der Waals surface area contributed by atoms with E-state index in [1.54, 1.807) is 0 Å². The van der Waals surface area contributed by atoms with Crippen LogP contribution in [0.15, 0.2) is 24.3 Å². The van der Waals surface area contributed by atoms with Gasteiger partial charge < -0.3 is 10.2 Å². The lowest BCUT2D eigenvalue weighted by molar-refractivity contribution is 0.570. The van der Waals surface area contributed by atoms with Gasteiger partial charge in [0.2, 0.25) is 0 Å². The molecule has 0 bridgehead atoms. The molecule has 1 aliphatic rings. The van der Waals surface area contributed by atoms with E-state index in [0.717, 1.165) is 12.6 Å². The smallest absolute Gasteiger partial charge is 0.0368 e. The number of benzene rings is 1. The fourth-order valence-corrected chi connectivity index (χ4v) is 3.03. The van der Waals surface area contributed by atoms with Gasteiger partial charge in [-0.05, 0) is 56.8 Å². The van der Waals surface area contributed by atoms with Crippen molar-refractivity contribution in [2.75, 3.05) is 18.0 Å². The van der Waals surface area contributed by atoms with Gasteiger partial charge in [0.15, 0.2) is 0 Å². The first-order valence-corrected chi connectivity index (χ1v) is 7.86. The minimum absolute atomic E-state index is 0.453. The number of anilines is 1. The third kappa shape index (κ3) is 3.50. The van der Waals surface area contributed by atoms with Crippen LogP contribution >= 0.6 is 0 Å². The van der Waals surface area contributed by atoms with Crippen LogP contribution in [0.2, 0.25) is 0 Å². The Labute approximate surface area is 118 Å². The first kappa shape index (κ1) is 14.4. The number of hydrogen-bond acceptors (Lipinski definition) is 2. The van der Waals surface area contributed by atoms with Crippen molar-refractivity contribution < 1.29 is 0 Å². The molecular formula is C17H28N2. The predicted molar refractivity (Wildman–Crippen MR) is 83.8 cm³/mol. The summed E-state index contributed by atoms with van der Waals surface area (Å²) in [6.45, 7) is 9.07. The van der Waals surface area contributed by atoms with Gasteiger partial charge in [0.05, 0.1) is 0 Å². The highest BCUT2D eigenvalue weighted by atomic mass is 15.2. The van der Waals surface area contributed by atoms with Crippen molar-refractivity contribution in [1.29, 1.82) is 0 Å². The largest absolute Gasteiger partial charge is 0.369 e. The van der Waals surface area contributed by atoms with Crippen LogP contribution in [0.3, 0.4) is 0 Å². The van der Waals surface area contributed by atoms with Gasteiger partial charge in [-0.1, -0.05) is 26.0 Å². The van der Waals surface area contributed by atoms with Crippen LogP contribution in [0.4, 0.5) is 5.69 Å². The van der Waals surface area contributed by atoms with Crippen LogP contribution in [0.25, 0.3) is 0 Å². The number of nitrogens with zero attached hydrogens (tertiary/aromatic N) is 1. The number of nitrogens with one attached hydrogen (secondary N) is 1. The van der Waals surface area contributed by atoms with Crippen LogP contribution in [0, 0.1) is 0 Å². The molecule has 2 atom stereocenters.